The SMILES string of the molecule is CCc1onc(C)c1C(=O)Nc1cc(S(=O)(=O)N(CC)CC)ccc1OC. The number of carbonyl (C=O) groups is 1. The minimum Gasteiger partial charge on any atom is -0.495 e. The van der Waals surface area contributed by atoms with Crippen molar-refractivity contribution in [2.45, 2.75) is 39.0 Å². The second-order valence-corrected chi connectivity index (χ2v) is 7.76. The number of hydrogen-bond donors (Lipinski definition) is 1. The average molecular weight is 395 g/mol. The molecular formula is C18H25N3O5S. The third kappa shape index (κ3) is 4.14. The van der Waals surface area contributed by atoms with Gasteiger partial charge in [-0.25, -0.2) is 8.42 Å². The molecule has 0 spiro atoms. The number of amides is 1. The van der Waals surface area contributed by atoms with E-state index in [0.717, 1.165) is 0 Å². The number of nitrogens with one attached hydrogen (secondary N) is 1. The Morgan fingerprint density at radius 2 is 1.93 bits per heavy atom. The average Bonchev–Trinajstić information content (AvgIpc) is 3.03. The minimum absolute atomic E-state index is 0.0834. The summed E-state index contributed by atoms with van der Waals surface area (Å²) in [7, 11) is -2.21. The Labute approximate surface area is 159 Å². The van der Waals surface area contributed by atoms with Crippen molar-refractivity contribution in [3.8, 4) is 5.75 Å². The number of rotatable bonds is 8. The number of ether oxygens (including phenoxy) is 1. The summed E-state index contributed by atoms with van der Waals surface area (Å²) in [5, 5.41) is 6.55. The van der Waals surface area contributed by atoms with E-state index in [4.69, 9.17) is 9.26 Å². The number of carbonyl (C=O) groups excluding carboxylic acids is 1. The molecule has 0 fully saturated rings. The smallest absolute Gasteiger partial charge is 0.261 e. The Hall–Kier alpha value is -2.39. The van der Waals surface area contributed by atoms with Crippen LogP contribution in [-0.2, 0) is 16.4 Å². The van der Waals surface area contributed by atoms with Gasteiger partial charge in [0.2, 0.25) is 10.0 Å². The summed E-state index contributed by atoms with van der Waals surface area (Å²) < 4.78 is 37.3. The molecule has 0 aliphatic rings. The van der Waals surface area contributed by atoms with Crippen molar-refractivity contribution in [2.75, 3.05) is 25.5 Å². The molecule has 2 aromatic rings. The van der Waals surface area contributed by atoms with Gasteiger partial charge in [-0.15, -0.1) is 0 Å². The predicted octanol–water partition coefficient (Wildman–Crippen LogP) is 2.84. The van der Waals surface area contributed by atoms with Crippen molar-refractivity contribution in [1.29, 1.82) is 0 Å². The van der Waals surface area contributed by atoms with Crippen molar-refractivity contribution in [2.24, 2.45) is 0 Å². The molecule has 0 unspecified atom stereocenters. The minimum atomic E-state index is -3.66. The molecule has 148 valence electrons. The van der Waals surface area contributed by atoms with E-state index in [9.17, 15) is 13.2 Å². The first kappa shape index (κ1) is 20.9. The fraction of sp³-hybridized carbons (Fsp3) is 0.444. The third-order valence-electron chi connectivity index (χ3n) is 4.24. The predicted molar refractivity (Wildman–Crippen MR) is 102 cm³/mol. The Balaban J connectivity index is 2.44. The van der Waals surface area contributed by atoms with Crippen LogP contribution in [0.25, 0.3) is 0 Å². The number of aromatic nitrogens is 1. The second-order valence-electron chi connectivity index (χ2n) is 5.83. The quantitative estimate of drug-likeness (QED) is 0.737. The number of anilines is 1. The lowest BCUT2D eigenvalue weighted by molar-refractivity contribution is 0.102. The normalized spacial score (nSPS) is 11.6. The summed E-state index contributed by atoms with van der Waals surface area (Å²) in [6, 6.07) is 4.39. The van der Waals surface area contributed by atoms with Crippen molar-refractivity contribution in [3.05, 3.63) is 35.2 Å². The summed E-state index contributed by atoms with van der Waals surface area (Å²) in [6.07, 6.45) is 0.511. The van der Waals surface area contributed by atoms with Crippen LogP contribution in [0.15, 0.2) is 27.6 Å². The maximum Gasteiger partial charge on any atom is 0.261 e. The summed E-state index contributed by atoms with van der Waals surface area (Å²) in [5.41, 5.74) is 1.07. The molecule has 0 aliphatic heterocycles. The van der Waals surface area contributed by atoms with Crippen LogP contribution in [-0.4, -0.2) is 44.0 Å². The molecule has 0 saturated carbocycles. The zero-order chi connectivity index (χ0) is 20.2. The number of methoxy groups -OCH3 is 1. The second kappa shape index (κ2) is 8.53. The molecule has 1 amide bonds. The first-order valence-electron chi connectivity index (χ1n) is 8.74. The molecule has 0 aliphatic carbocycles. The van der Waals surface area contributed by atoms with E-state index in [1.807, 2.05) is 6.92 Å². The van der Waals surface area contributed by atoms with Gasteiger partial charge in [0.15, 0.2) is 0 Å². The van der Waals surface area contributed by atoms with Gasteiger partial charge in [0.1, 0.15) is 17.1 Å². The van der Waals surface area contributed by atoms with Gasteiger partial charge in [-0.05, 0) is 25.1 Å². The molecule has 1 aromatic carbocycles. The van der Waals surface area contributed by atoms with Crippen molar-refractivity contribution >= 4 is 21.6 Å². The number of aryl methyl sites for hydroxylation is 2. The molecule has 0 saturated heterocycles. The van der Waals surface area contributed by atoms with E-state index < -0.39 is 15.9 Å². The van der Waals surface area contributed by atoms with Crippen LogP contribution in [0.3, 0.4) is 0 Å². The molecule has 27 heavy (non-hydrogen) atoms. The number of nitrogens with zero attached hydrogens (tertiary/aromatic N) is 2. The Morgan fingerprint density at radius 1 is 1.26 bits per heavy atom. The lowest BCUT2D eigenvalue weighted by atomic mass is 10.1. The Kier molecular flexibility index (Phi) is 6.61. The molecule has 0 atom stereocenters. The lowest BCUT2D eigenvalue weighted by Gasteiger charge is -2.19. The van der Waals surface area contributed by atoms with Gasteiger partial charge in [-0.1, -0.05) is 25.9 Å². The third-order valence-corrected chi connectivity index (χ3v) is 6.29. The molecule has 1 heterocycles. The molecule has 0 bridgehead atoms. The Bertz CT molecular complexity index is 917. The van der Waals surface area contributed by atoms with Gasteiger partial charge in [-0.3, -0.25) is 4.79 Å². The van der Waals surface area contributed by atoms with Crippen LogP contribution in [0, 0.1) is 6.92 Å². The van der Waals surface area contributed by atoms with Crippen LogP contribution in [0.2, 0.25) is 0 Å². The highest BCUT2D eigenvalue weighted by Crippen LogP contribution is 2.30. The van der Waals surface area contributed by atoms with E-state index in [2.05, 4.69) is 10.5 Å². The van der Waals surface area contributed by atoms with Crippen LogP contribution in [0.4, 0.5) is 5.69 Å². The topological polar surface area (TPSA) is 102 Å². The molecule has 1 N–H and O–H groups in total. The number of sulfonamides is 1. The van der Waals surface area contributed by atoms with Crippen molar-refractivity contribution in [3.63, 3.8) is 0 Å². The van der Waals surface area contributed by atoms with Gasteiger partial charge in [-0.2, -0.15) is 4.31 Å². The van der Waals surface area contributed by atoms with Gasteiger partial charge in [0.25, 0.3) is 5.91 Å². The standard InChI is InChI=1S/C18H25N3O5S/c1-6-15-17(12(4)20-26-15)18(22)19-14-11-13(9-10-16(14)25-5)27(23,24)21(7-2)8-3/h9-11H,6-8H2,1-5H3,(H,19,22). The van der Waals surface area contributed by atoms with E-state index >= 15 is 0 Å². The van der Waals surface area contributed by atoms with E-state index in [1.165, 1.54) is 29.6 Å². The molecule has 1 aromatic heterocycles. The van der Waals surface area contributed by atoms with Crippen LogP contribution < -0.4 is 10.1 Å². The van der Waals surface area contributed by atoms with Gasteiger partial charge in [0.05, 0.1) is 23.4 Å². The zero-order valence-corrected chi connectivity index (χ0v) is 17.0. The molecule has 9 heteroatoms. The molecular weight excluding hydrogens is 370 g/mol. The summed E-state index contributed by atoms with van der Waals surface area (Å²) in [5.74, 6) is 0.395. The monoisotopic (exact) mass is 395 g/mol. The van der Waals surface area contributed by atoms with Crippen LogP contribution >= 0.6 is 0 Å². The van der Waals surface area contributed by atoms with Crippen molar-refractivity contribution < 1.29 is 22.5 Å². The van der Waals surface area contributed by atoms with E-state index in [0.29, 0.717) is 42.3 Å². The Morgan fingerprint density at radius 3 is 2.48 bits per heavy atom. The summed E-state index contributed by atoms with van der Waals surface area (Å²) in [6.45, 7) is 7.78. The number of benzene rings is 1. The number of hydrogen-bond acceptors (Lipinski definition) is 6. The maximum atomic E-state index is 12.8. The lowest BCUT2D eigenvalue weighted by Crippen LogP contribution is -2.30. The molecule has 8 nitrogen and oxygen atoms in total. The fourth-order valence-corrected chi connectivity index (χ4v) is 4.28. The van der Waals surface area contributed by atoms with E-state index in [1.54, 1.807) is 20.8 Å². The van der Waals surface area contributed by atoms with Gasteiger partial charge < -0.3 is 14.6 Å². The highest BCUT2D eigenvalue weighted by atomic mass is 32.2. The van der Waals surface area contributed by atoms with Gasteiger partial charge in [0, 0.05) is 19.5 Å². The molecule has 2 rings (SSSR count). The molecule has 0 radical (unpaired) electrons. The maximum absolute atomic E-state index is 12.8. The van der Waals surface area contributed by atoms with Crippen LogP contribution in [0.5, 0.6) is 5.75 Å². The van der Waals surface area contributed by atoms with Crippen molar-refractivity contribution in [1.82, 2.24) is 9.46 Å². The van der Waals surface area contributed by atoms with Crippen LogP contribution in [0.1, 0.15) is 42.6 Å². The highest BCUT2D eigenvalue weighted by molar-refractivity contribution is 7.89. The highest BCUT2D eigenvalue weighted by Gasteiger charge is 2.25. The zero-order valence-electron chi connectivity index (χ0n) is 16.2. The fourth-order valence-electron chi connectivity index (χ4n) is 2.79. The largest absolute Gasteiger partial charge is 0.495 e. The van der Waals surface area contributed by atoms with E-state index in [-0.39, 0.29) is 10.6 Å². The van der Waals surface area contributed by atoms with Gasteiger partial charge >= 0.3 is 0 Å². The summed E-state index contributed by atoms with van der Waals surface area (Å²) >= 11 is 0. The first-order valence-corrected chi connectivity index (χ1v) is 10.2. The first-order chi connectivity index (χ1) is 12.8. The summed E-state index contributed by atoms with van der Waals surface area (Å²) in [4.78, 5) is 12.8.